The van der Waals surface area contributed by atoms with Gasteiger partial charge in [-0.1, -0.05) is 0 Å². The molecule has 4 heteroatoms. The van der Waals surface area contributed by atoms with Crippen LogP contribution < -0.4 is 9.47 Å². The lowest BCUT2D eigenvalue weighted by Crippen LogP contribution is -2.06. The predicted octanol–water partition coefficient (Wildman–Crippen LogP) is 1.89. The number of allylic oxidation sites excluding steroid dienone is 1. The van der Waals surface area contributed by atoms with Gasteiger partial charge in [-0.15, -0.1) is 0 Å². The number of carbonyl (C=O) groups excluding carboxylic acids is 1. The zero-order valence-electron chi connectivity index (χ0n) is 11.1. The van der Waals surface area contributed by atoms with Gasteiger partial charge in [0.15, 0.2) is 17.3 Å². The minimum absolute atomic E-state index is 0.0691. The summed E-state index contributed by atoms with van der Waals surface area (Å²) >= 11 is 0. The van der Waals surface area contributed by atoms with Crippen molar-refractivity contribution < 1.29 is 14.3 Å². The number of methoxy groups -OCH3 is 2. The van der Waals surface area contributed by atoms with Crippen molar-refractivity contribution >= 4 is 5.78 Å². The zero-order chi connectivity index (χ0) is 13.3. The summed E-state index contributed by atoms with van der Waals surface area (Å²) in [5.74, 6) is 1.32. The van der Waals surface area contributed by atoms with E-state index in [0.29, 0.717) is 23.5 Å². The van der Waals surface area contributed by atoms with Crippen LogP contribution in [0.3, 0.4) is 0 Å². The van der Waals surface area contributed by atoms with Gasteiger partial charge in [0.05, 0.1) is 14.2 Å². The average molecular weight is 247 g/mol. The molecule has 96 valence electrons. The first-order chi connectivity index (χ1) is 8.56. The molecule has 0 radical (unpaired) electrons. The Kier molecular flexibility index (Phi) is 3.28. The Labute approximate surface area is 107 Å². The van der Waals surface area contributed by atoms with E-state index in [2.05, 4.69) is 0 Å². The maximum absolute atomic E-state index is 12.2. The van der Waals surface area contributed by atoms with Crippen LogP contribution >= 0.6 is 0 Å². The van der Waals surface area contributed by atoms with Gasteiger partial charge in [-0.25, -0.2) is 0 Å². The molecular weight excluding hydrogens is 230 g/mol. The summed E-state index contributed by atoms with van der Waals surface area (Å²) in [4.78, 5) is 14.1. The Balaban J connectivity index is 2.46. The summed E-state index contributed by atoms with van der Waals surface area (Å²) in [6, 6.07) is 3.63. The fourth-order valence-corrected chi connectivity index (χ4v) is 2.15. The van der Waals surface area contributed by atoms with E-state index < -0.39 is 0 Å². The van der Waals surface area contributed by atoms with E-state index in [1.165, 1.54) is 0 Å². The van der Waals surface area contributed by atoms with Crippen molar-refractivity contribution in [1.29, 1.82) is 0 Å². The maximum Gasteiger partial charge on any atom is 0.191 e. The van der Waals surface area contributed by atoms with E-state index in [0.717, 1.165) is 11.1 Å². The lowest BCUT2D eigenvalue weighted by molar-refractivity contribution is 0.103. The zero-order valence-corrected chi connectivity index (χ0v) is 11.1. The Morgan fingerprint density at radius 2 is 1.78 bits per heavy atom. The number of carbonyl (C=O) groups is 1. The highest BCUT2D eigenvalue weighted by atomic mass is 16.5. The van der Waals surface area contributed by atoms with Crippen LogP contribution in [0.1, 0.15) is 15.9 Å². The SMILES string of the molecule is COc1cc2c(cc1OC)C(=O)/C(=C\N(C)C)C2. The van der Waals surface area contributed by atoms with Crippen molar-refractivity contribution in [2.75, 3.05) is 28.3 Å². The molecule has 1 aromatic carbocycles. The van der Waals surface area contributed by atoms with Crippen molar-refractivity contribution in [3.8, 4) is 11.5 Å². The Hall–Kier alpha value is -1.97. The molecule has 0 atom stereocenters. The lowest BCUT2D eigenvalue weighted by atomic mass is 10.1. The third kappa shape index (κ3) is 2.06. The number of ether oxygens (including phenoxy) is 2. The van der Waals surface area contributed by atoms with Gasteiger partial charge < -0.3 is 14.4 Å². The summed E-state index contributed by atoms with van der Waals surface area (Å²) in [6.07, 6.45) is 2.51. The first-order valence-electron chi connectivity index (χ1n) is 5.73. The highest BCUT2D eigenvalue weighted by Gasteiger charge is 2.27. The lowest BCUT2D eigenvalue weighted by Gasteiger charge is -2.08. The molecule has 0 aromatic heterocycles. The van der Waals surface area contributed by atoms with Crippen LogP contribution in [0.25, 0.3) is 0 Å². The van der Waals surface area contributed by atoms with E-state index in [-0.39, 0.29) is 5.78 Å². The molecule has 4 nitrogen and oxygen atoms in total. The number of nitrogens with zero attached hydrogens (tertiary/aromatic N) is 1. The summed E-state index contributed by atoms with van der Waals surface area (Å²) in [6.45, 7) is 0. The van der Waals surface area contributed by atoms with Gasteiger partial charge in [0.1, 0.15) is 0 Å². The molecule has 0 bridgehead atoms. The quantitative estimate of drug-likeness (QED) is 0.765. The largest absolute Gasteiger partial charge is 0.493 e. The molecular formula is C14H17NO3. The van der Waals surface area contributed by atoms with E-state index in [9.17, 15) is 4.79 Å². The number of benzene rings is 1. The fourth-order valence-electron chi connectivity index (χ4n) is 2.15. The van der Waals surface area contributed by atoms with Crippen LogP contribution in [-0.2, 0) is 6.42 Å². The van der Waals surface area contributed by atoms with Crippen molar-refractivity contribution in [2.45, 2.75) is 6.42 Å². The van der Waals surface area contributed by atoms with Gasteiger partial charge in [0.25, 0.3) is 0 Å². The Morgan fingerprint density at radius 1 is 1.17 bits per heavy atom. The minimum atomic E-state index is 0.0691. The molecule has 1 aliphatic rings. The van der Waals surface area contributed by atoms with Crippen molar-refractivity contribution in [3.05, 3.63) is 35.0 Å². The topological polar surface area (TPSA) is 38.8 Å². The average Bonchev–Trinajstić information content (AvgIpc) is 2.63. The highest BCUT2D eigenvalue weighted by molar-refractivity contribution is 6.13. The fraction of sp³-hybridized carbons (Fsp3) is 0.357. The molecule has 0 amide bonds. The van der Waals surface area contributed by atoms with E-state index in [1.54, 1.807) is 20.3 Å². The first-order valence-corrected chi connectivity index (χ1v) is 5.73. The molecule has 1 aliphatic carbocycles. The molecule has 2 rings (SSSR count). The van der Waals surface area contributed by atoms with Gasteiger partial charge in [-0.2, -0.15) is 0 Å². The summed E-state index contributed by atoms with van der Waals surface area (Å²) in [5, 5.41) is 0. The van der Waals surface area contributed by atoms with Gasteiger partial charge in [0, 0.05) is 37.9 Å². The molecule has 0 heterocycles. The number of ketones is 1. The number of hydrogen-bond acceptors (Lipinski definition) is 4. The molecule has 0 aliphatic heterocycles. The van der Waals surface area contributed by atoms with Crippen LogP contribution in [0, 0.1) is 0 Å². The third-order valence-electron chi connectivity index (χ3n) is 2.94. The summed E-state index contributed by atoms with van der Waals surface area (Å²) in [7, 11) is 6.98. The monoisotopic (exact) mass is 247 g/mol. The van der Waals surface area contributed by atoms with Crippen LogP contribution in [0.15, 0.2) is 23.9 Å². The summed E-state index contributed by atoms with van der Waals surface area (Å²) in [5.41, 5.74) is 2.50. The van der Waals surface area contributed by atoms with Gasteiger partial charge in [0.2, 0.25) is 0 Å². The molecule has 18 heavy (non-hydrogen) atoms. The van der Waals surface area contributed by atoms with Crippen LogP contribution in [0.5, 0.6) is 11.5 Å². The predicted molar refractivity (Wildman–Crippen MR) is 69.4 cm³/mol. The molecule has 0 N–H and O–H groups in total. The Bertz CT molecular complexity index is 518. The molecule has 0 unspecified atom stereocenters. The van der Waals surface area contributed by atoms with Gasteiger partial charge in [-0.05, 0) is 17.7 Å². The van der Waals surface area contributed by atoms with Crippen molar-refractivity contribution in [3.63, 3.8) is 0 Å². The third-order valence-corrected chi connectivity index (χ3v) is 2.94. The van der Waals surface area contributed by atoms with Crippen LogP contribution in [0.2, 0.25) is 0 Å². The maximum atomic E-state index is 12.2. The molecule has 0 fully saturated rings. The molecule has 1 aromatic rings. The Morgan fingerprint density at radius 3 is 2.33 bits per heavy atom. The van der Waals surface area contributed by atoms with E-state index in [4.69, 9.17) is 9.47 Å². The number of fused-ring (bicyclic) bond motifs is 1. The second-order valence-electron chi connectivity index (χ2n) is 4.49. The number of Topliss-reactive ketones (excluding diaryl/α,β-unsaturated/α-hetero) is 1. The van der Waals surface area contributed by atoms with E-state index >= 15 is 0 Å². The molecule has 0 spiro atoms. The molecule has 0 saturated heterocycles. The van der Waals surface area contributed by atoms with Gasteiger partial charge >= 0.3 is 0 Å². The highest BCUT2D eigenvalue weighted by Crippen LogP contribution is 2.36. The van der Waals surface area contributed by atoms with Crippen molar-refractivity contribution in [1.82, 2.24) is 4.90 Å². The van der Waals surface area contributed by atoms with Gasteiger partial charge in [-0.3, -0.25) is 4.79 Å². The molecule has 0 saturated carbocycles. The normalized spacial score (nSPS) is 15.8. The van der Waals surface area contributed by atoms with Crippen LogP contribution in [0.4, 0.5) is 0 Å². The van der Waals surface area contributed by atoms with Crippen LogP contribution in [-0.4, -0.2) is 39.0 Å². The smallest absolute Gasteiger partial charge is 0.191 e. The first kappa shape index (κ1) is 12.5. The number of rotatable bonds is 3. The second-order valence-corrected chi connectivity index (χ2v) is 4.49. The second kappa shape index (κ2) is 4.72. The number of hydrogen-bond donors (Lipinski definition) is 0. The standard InChI is InChI=1S/C14H17NO3/c1-15(2)8-10-5-9-6-12(17-3)13(18-4)7-11(9)14(10)16/h6-8H,5H2,1-4H3/b10-8-. The summed E-state index contributed by atoms with van der Waals surface area (Å²) < 4.78 is 10.5. The van der Waals surface area contributed by atoms with Crippen molar-refractivity contribution in [2.24, 2.45) is 0 Å². The van der Waals surface area contributed by atoms with E-state index in [1.807, 2.05) is 31.3 Å². The minimum Gasteiger partial charge on any atom is -0.493 e.